The monoisotopic (exact) mass is 340 g/mol. The number of nitrogens with one attached hydrogen (secondary N) is 1. The van der Waals surface area contributed by atoms with Gasteiger partial charge in [-0.3, -0.25) is 9.78 Å². The van der Waals surface area contributed by atoms with E-state index in [-0.39, 0.29) is 11.8 Å². The van der Waals surface area contributed by atoms with Crippen LogP contribution in [0.5, 0.6) is 0 Å². The molecule has 1 aliphatic heterocycles. The molecule has 0 spiro atoms. The van der Waals surface area contributed by atoms with E-state index in [0.717, 1.165) is 43.0 Å². The molecule has 3 rings (SSSR count). The molecule has 1 saturated heterocycles. The standard InChI is InChI=1S/C18H24N6O/c1-4-15(25)24-9-5-14(6-10-24)16-17(20-8-7-19-16)23-18-21-12(2)11-13(3)22-18/h7-8,11,14H,4-6,9-10H2,1-3H3,(H,20,21,22,23). The minimum absolute atomic E-state index is 0.222. The summed E-state index contributed by atoms with van der Waals surface area (Å²) in [5.74, 6) is 1.74. The van der Waals surface area contributed by atoms with Crippen LogP contribution in [0.2, 0.25) is 0 Å². The van der Waals surface area contributed by atoms with E-state index in [4.69, 9.17) is 0 Å². The smallest absolute Gasteiger partial charge is 0.228 e. The van der Waals surface area contributed by atoms with Crippen molar-refractivity contribution in [3.63, 3.8) is 0 Å². The Hall–Kier alpha value is -2.57. The molecule has 0 aromatic carbocycles. The lowest BCUT2D eigenvalue weighted by Gasteiger charge is -2.32. The molecule has 1 amide bonds. The van der Waals surface area contributed by atoms with Crippen molar-refractivity contribution in [1.82, 2.24) is 24.8 Å². The van der Waals surface area contributed by atoms with E-state index in [1.165, 1.54) is 0 Å². The third-order valence-corrected chi connectivity index (χ3v) is 4.48. The number of carbonyl (C=O) groups excluding carboxylic acids is 1. The van der Waals surface area contributed by atoms with Crippen molar-refractivity contribution >= 4 is 17.7 Å². The zero-order valence-electron chi connectivity index (χ0n) is 15.0. The predicted octanol–water partition coefficient (Wildman–Crippen LogP) is 2.74. The van der Waals surface area contributed by atoms with Crippen molar-refractivity contribution in [1.29, 1.82) is 0 Å². The van der Waals surface area contributed by atoms with Crippen molar-refractivity contribution in [2.75, 3.05) is 18.4 Å². The summed E-state index contributed by atoms with van der Waals surface area (Å²) in [4.78, 5) is 31.6. The first-order valence-electron chi connectivity index (χ1n) is 8.74. The lowest BCUT2D eigenvalue weighted by Crippen LogP contribution is -2.37. The van der Waals surface area contributed by atoms with Crippen molar-refractivity contribution in [2.24, 2.45) is 0 Å². The van der Waals surface area contributed by atoms with E-state index in [0.29, 0.717) is 18.2 Å². The Morgan fingerprint density at radius 1 is 1.16 bits per heavy atom. The molecular formula is C18H24N6O. The molecule has 0 radical (unpaired) electrons. The van der Waals surface area contributed by atoms with Gasteiger partial charge in [0.1, 0.15) is 0 Å². The molecule has 0 bridgehead atoms. The molecule has 7 nitrogen and oxygen atoms in total. The van der Waals surface area contributed by atoms with Gasteiger partial charge in [0, 0.05) is 49.2 Å². The Morgan fingerprint density at radius 2 is 1.80 bits per heavy atom. The van der Waals surface area contributed by atoms with E-state index >= 15 is 0 Å². The minimum atomic E-state index is 0.222. The Bertz CT molecular complexity index is 735. The van der Waals surface area contributed by atoms with Gasteiger partial charge in [-0.2, -0.15) is 0 Å². The highest BCUT2D eigenvalue weighted by Crippen LogP contribution is 2.31. The molecule has 1 fully saturated rings. The highest BCUT2D eigenvalue weighted by atomic mass is 16.2. The minimum Gasteiger partial charge on any atom is -0.343 e. The molecule has 25 heavy (non-hydrogen) atoms. The molecule has 0 aliphatic carbocycles. The third-order valence-electron chi connectivity index (χ3n) is 4.48. The number of nitrogens with zero attached hydrogens (tertiary/aromatic N) is 5. The summed E-state index contributed by atoms with van der Waals surface area (Å²) in [6.07, 6.45) is 5.74. The lowest BCUT2D eigenvalue weighted by molar-refractivity contribution is -0.131. The van der Waals surface area contributed by atoms with Gasteiger partial charge in [0.15, 0.2) is 5.82 Å². The summed E-state index contributed by atoms with van der Waals surface area (Å²) in [6, 6.07) is 1.93. The normalized spacial score (nSPS) is 15.2. The van der Waals surface area contributed by atoms with E-state index in [2.05, 4.69) is 25.3 Å². The summed E-state index contributed by atoms with van der Waals surface area (Å²) in [5, 5.41) is 3.22. The fraction of sp³-hybridized carbons (Fsp3) is 0.500. The SMILES string of the molecule is CCC(=O)N1CCC(c2nccnc2Nc2nc(C)cc(C)n2)CC1. The lowest BCUT2D eigenvalue weighted by atomic mass is 9.93. The number of hydrogen-bond donors (Lipinski definition) is 1. The highest BCUT2D eigenvalue weighted by Gasteiger charge is 2.26. The Morgan fingerprint density at radius 3 is 2.44 bits per heavy atom. The number of rotatable bonds is 4. The first kappa shape index (κ1) is 17.3. The molecule has 2 aromatic rings. The zero-order chi connectivity index (χ0) is 17.8. The van der Waals surface area contributed by atoms with Crippen LogP contribution in [0.25, 0.3) is 0 Å². The van der Waals surface area contributed by atoms with Gasteiger partial charge in [-0.25, -0.2) is 15.0 Å². The van der Waals surface area contributed by atoms with Crippen molar-refractivity contribution < 1.29 is 4.79 Å². The quantitative estimate of drug-likeness (QED) is 0.921. The van der Waals surface area contributed by atoms with Crippen LogP contribution in [-0.4, -0.2) is 43.8 Å². The van der Waals surface area contributed by atoms with Gasteiger partial charge < -0.3 is 10.2 Å². The average Bonchev–Trinajstić information content (AvgIpc) is 2.61. The molecule has 1 aliphatic rings. The second kappa shape index (κ2) is 7.55. The number of hydrogen-bond acceptors (Lipinski definition) is 6. The van der Waals surface area contributed by atoms with Gasteiger partial charge in [-0.15, -0.1) is 0 Å². The van der Waals surface area contributed by atoms with E-state index in [1.807, 2.05) is 31.7 Å². The Balaban J connectivity index is 1.76. The van der Waals surface area contributed by atoms with E-state index in [1.54, 1.807) is 12.4 Å². The van der Waals surface area contributed by atoms with E-state index < -0.39 is 0 Å². The van der Waals surface area contributed by atoms with Crippen molar-refractivity contribution in [3.05, 3.63) is 35.5 Å². The number of aromatic nitrogens is 4. The number of anilines is 2. The molecular weight excluding hydrogens is 316 g/mol. The second-order valence-electron chi connectivity index (χ2n) is 6.40. The van der Waals surface area contributed by atoms with Crippen LogP contribution in [0.4, 0.5) is 11.8 Å². The first-order chi connectivity index (χ1) is 12.1. The third kappa shape index (κ3) is 4.10. The second-order valence-corrected chi connectivity index (χ2v) is 6.40. The van der Waals surface area contributed by atoms with Crippen LogP contribution >= 0.6 is 0 Å². The summed E-state index contributed by atoms with van der Waals surface area (Å²) >= 11 is 0. The van der Waals surface area contributed by atoms with Gasteiger partial charge >= 0.3 is 0 Å². The fourth-order valence-electron chi connectivity index (χ4n) is 3.26. The van der Waals surface area contributed by atoms with E-state index in [9.17, 15) is 4.79 Å². The van der Waals surface area contributed by atoms with Crippen LogP contribution < -0.4 is 5.32 Å². The maximum Gasteiger partial charge on any atom is 0.228 e. The molecule has 0 unspecified atom stereocenters. The molecule has 3 heterocycles. The molecule has 132 valence electrons. The zero-order valence-corrected chi connectivity index (χ0v) is 15.0. The fourth-order valence-corrected chi connectivity index (χ4v) is 3.26. The predicted molar refractivity (Wildman–Crippen MR) is 95.7 cm³/mol. The van der Waals surface area contributed by atoms with Crippen molar-refractivity contribution in [3.8, 4) is 0 Å². The van der Waals surface area contributed by atoms with Gasteiger partial charge in [0.05, 0.1) is 5.69 Å². The highest BCUT2D eigenvalue weighted by molar-refractivity contribution is 5.75. The topological polar surface area (TPSA) is 83.9 Å². The summed E-state index contributed by atoms with van der Waals surface area (Å²) in [5.41, 5.74) is 2.74. The average molecular weight is 340 g/mol. The van der Waals surface area contributed by atoms with Crippen LogP contribution in [0.1, 0.15) is 49.2 Å². The van der Waals surface area contributed by atoms with Gasteiger partial charge in [-0.1, -0.05) is 6.92 Å². The van der Waals surface area contributed by atoms with Crippen molar-refractivity contribution in [2.45, 2.75) is 46.0 Å². The van der Waals surface area contributed by atoms with Crippen LogP contribution in [0.3, 0.4) is 0 Å². The van der Waals surface area contributed by atoms with Gasteiger partial charge in [-0.05, 0) is 32.8 Å². The summed E-state index contributed by atoms with van der Waals surface area (Å²) in [7, 11) is 0. The number of piperidine rings is 1. The number of likely N-dealkylation sites (tertiary alicyclic amines) is 1. The number of amides is 1. The van der Waals surface area contributed by atoms with Crippen LogP contribution in [-0.2, 0) is 4.79 Å². The Kier molecular flexibility index (Phi) is 5.21. The molecule has 7 heteroatoms. The first-order valence-corrected chi connectivity index (χ1v) is 8.74. The summed E-state index contributed by atoms with van der Waals surface area (Å²) < 4.78 is 0. The van der Waals surface area contributed by atoms with Crippen LogP contribution in [0, 0.1) is 13.8 Å². The maximum atomic E-state index is 11.9. The number of carbonyl (C=O) groups is 1. The molecule has 1 N–H and O–H groups in total. The Labute approximate surface area is 147 Å². The maximum absolute atomic E-state index is 11.9. The van der Waals surface area contributed by atoms with Gasteiger partial charge in [0.2, 0.25) is 11.9 Å². The summed E-state index contributed by atoms with van der Waals surface area (Å²) in [6.45, 7) is 7.33. The molecule has 0 saturated carbocycles. The largest absolute Gasteiger partial charge is 0.343 e. The number of aryl methyl sites for hydroxylation is 2. The van der Waals surface area contributed by atoms with Gasteiger partial charge in [0.25, 0.3) is 0 Å². The van der Waals surface area contributed by atoms with Crippen LogP contribution in [0.15, 0.2) is 18.5 Å². The molecule has 0 atom stereocenters. The molecule has 2 aromatic heterocycles.